The van der Waals surface area contributed by atoms with Crippen molar-refractivity contribution in [3.05, 3.63) is 12.4 Å². The smallest absolute Gasteiger partial charge is 0.335 e. The Kier molecular flexibility index (Phi) is 4.92. The van der Waals surface area contributed by atoms with E-state index in [2.05, 4.69) is 15.2 Å². The summed E-state index contributed by atoms with van der Waals surface area (Å²) in [5.74, 6) is -0.710. The molecule has 1 amide bonds. The fourth-order valence-electron chi connectivity index (χ4n) is 2.88. The molecule has 2 saturated heterocycles. The van der Waals surface area contributed by atoms with Gasteiger partial charge in [-0.1, -0.05) is 0 Å². The first-order chi connectivity index (χ1) is 11.2. The van der Waals surface area contributed by atoms with Crippen LogP contribution in [-0.4, -0.2) is 53.7 Å². The maximum atomic E-state index is 12.2. The molecule has 23 heavy (non-hydrogen) atoms. The first-order valence-corrected chi connectivity index (χ1v) is 7.84. The highest BCUT2D eigenvalue weighted by Gasteiger charge is 2.35. The van der Waals surface area contributed by atoms with Gasteiger partial charge in [0.1, 0.15) is 6.10 Å². The van der Waals surface area contributed by atoms with Crippen molar-refractivity contribution in [3.63, 3.8) is 0 Å². The quantitative estimate of drug-likeness (QED) is 0.803. The van der Waals surface area contributed by atoms with Crippen LogP contribution in [-0.2, 0) is 30.3 Å². The van der Waals surface area contributed by atoms with Crippen LogP contribution in [0.5, 0.6) is 0 Å². The molecule has 8 nitrogen and oxygen atoms in total. The van der Waals surface area contributed by atoms with Crippen LogP contribution in [0.1, 0.15) is 25.7 Å². The Hall–Kier alpha value is -1.93. The third-order valence-corrected chi connectivity index (χ3v) is 4.09. The average Bonchev–Trinajstić information content (AvgIpc) is 3.28. The molecule has 3 atom stereocenters. The number of rotatable bonds is 5. The molecule has 3 heterocycles. The summed E-state index contributed by atoms with van der Waals surface area (Å²) in [5.41, 5.74) is 0.609. The number of ether oxygens (including phenoxy) is 3. The largest absolute Gasteiger partial charge is 0.467 e. The van der Waals surface area contributed by atoms with E-state index < -0.39 is 18.2 Å². The Balaban J connectivity index is 1.50. The van der Waals surface area contributed by atoms with E-state index in [0.717, 1.165) is 19.4 Å². The third-order valence-electron chi connectivity index (χ3n) is 4.09. The zero-order valence-electron chi connectivity index (χ0n) is 13.1. The SMILES string of the molecule is COC(=O)[C@@H]1CC[C@@H](C(=O)Nc2cnn(C[C@@H]3CCCO3)c2)O1. The summed E-state index contributed by atoms with van der Waals surface area (Å²) in [6.07, 6.45) is 5.36. The number of anilines is 1. The van der Waals surface area contributed by atoms with E-state index in [9.17, 15) is 9.59 Å². The monoisotopic (exact) mass is 323 g/mol. The summed E-state index contributed by atoms with van der Waals surface area (Å²) in [7, 11) is 1.31. The lowest BCUT2D eigenvalue weighted by Gasteiger charge is -2.11. The minimum Gasteiger partial charge on any atom is -0.467 e. The van der Waals surface area contributed by atoms with Crippen LogP contribution in [0.3, 0.4) is 0 Å². The number of hydrogen-bond acceptors (Lipinski definition) is 6. The third kappa shape index (κ3) is 3.89. The van der Waals surface area contributed by atoms with Crippen LogP contribution in [0.4, 0.5) is 5.69 Å². The summed E-state index contributed by atoms with van der Waals surface area (Å²) < 4.78 is 17.4. The molecule has 0 bridgehead atoms. The van der Waals surface area contributed by atoms with Crippen LogP contribution >= 0.6 is 0 Å². The van der Waals surface area contributed by atoms with Crippen molar-refractivity contribution in [3.8, 4) is 0 Å². The van der Waals surface area contributed by atoms with E-state index in [-0.39, 0.29) is 12.0 Å². The van der Waals surface area contributed by atoms with Gasteiger partial charge in [-0.2, -0.15) is 5.10 Å². The summed E-state index contributed by atoms with van der Waals surface area (Å²) in [6, 6.07) is 0. The van der Waals surface area contributed by atoms with Crippen LogP contribution in [0.15, 0.2) is 12.4 Å². The zero-order chi connectivity index (χ0) is 16.2. The molecule has 0 radical (unpaired) electrons. The van der Waals surface area contributed by atoms with Crippen molar-refractivity contribution in [1.82, 2.24) is 9.78 Å². The standard InChI is InChI=1S/C15H21N3O5/c1-21-15(20)13-5-4-12(23-13)14(19)17-10-7-16-18(8-10)9-11-3-2-6-22-11/h7-8,11-13H,2-6,9H2,1H3,(H,17,19)/t11-,12-,13-/m0/s1. The number of nitrogens with one attached hydrogen (secondary N) is 1. The van der Waals surface area contributed by atoms with Gasteiger partial charge in [-0.05, 0) is 25.7 Å². The number of aromatic nitrogens is 2. The molecule has 0 spiro atoms. The second kappa shape index (κ2) is 7.10. The lowest BCUT2D eigenvalue weighted by molar-refractivity contribution is -0.154. The number of nitrogens with zero attached hydrogens (tertiary/aromatic N) is 2. The van der Waals surface area contributed by atoms with Gasteiger partial charge in [0.05, 0.1) is 31.6 Å². The minimum absolute atomic E-state index is 0.192. The second-order valence-corrected chi connectivity index (χ2v) is 5.79. The molecule has 0 unspecified atom stereocenters. The minimum atomic E-state index is -0.655. The normalized spacial score (nSPS) is 27.1. The zero-order valence-corrected chi connectivity index (χ0v) is 13.1. The number of amides is 1. The van der Waals surface area contributed by atoms with E-state index in [1.54, 1.807) is 17.1 Å². The van der Waals surface area contributed by atoms with E-state index in [0.29, 0.717) is 25.1 Å². The van der Waals surface area contributed by atoms with E-state index in [1.807, 2.05) is 0 Å². The highest BCUT2D eigenvalue weighted by atomic mass is 16.6. The average molecular weight is 323 g/mol. The molecular weight excluding hydrogens is 302 g/mol. The fourth-order valence-corrected chi connectivity index (χ4v) is 2.88. The Bertz CT molecular complexity index is 567. The summed E-state index contributed by atoms with van der Waals surface area (Å²) in [6.45, 7) is 1.48. The topological polar surface area (TPSA) is 91.7 Å². The van der Waals surface area contributed by atoms with Crippen molar-refractivity contribution < 1.29 is 23.8 Å². The summed E-state index contributed by atoms with van der Waals surface area (Å²) in [4.78, 5) is 23.6. The fraction of sp³-hybridized carbons (Fsp3) is 0.667. The van der Waals surface area contributed by atoms with Crippen LogP contribution in [0, 0.1) is 0 Å². The first kappa shape index (κ1) is 15.9. The molecule has 2 aliphatic heterocycles. The van der Waals surface area contributed by atoms with Gasteiger partial charge in [-0.15, -0.1) is 0 Å². The Labute approximate surface area is 134 Å². The second-order valence-electron chi connectivity index (χ2n) is 5.79. The molecular formula is C15H21N3O5. The number of carbonyl (C=O) groups excluding carboxylic acids is 2. The molecule has 8 heteroatoms. The molecule has 0 aromatic carbocycles. The van der Waals surface area contributed by atoms with Gasteiger partial charge in [0.2, 0.25) is 0 Å². The van der Waals surface area contributed by atoms with Gasteiger partial charge in [0.25, 0.3) is 5.91 Å². The highest BCUT2D eigenvalue weighted by molar-refractivity contribution is 5.94. The maximum absolute atomic E-state index is 12.2. The Morgan fingerprint density at radius 1 is 1.39 bits per heavy atom. The predicted molar refractivity (Wildman–Crippen MR) is 79.7 cm³/mol. The van der Waals surface area contributed by atoms with Gasteiger partial charge in [0.15, 0.2) is 6.10 Å². The molecule has 1 aromatic heterocycles. The number of methoxy groups -OCH3 is 1. The molecule has 1 aromatic rings. The van der Waals surface area contributed by atoms with Gasteiger partial charge in [-0.25, -0.2) is 4.79 Å². The Morgan fingerprint density at radius 3 is 2.96 bits per heavy atom. The lowest BCUT2D eigenvalue weighted by atomic mass is 10.2. The lowest BCUT2D eigenvalue weighted by Crippen LogP contribution is -2.30. The van der Waals surface area contributed by atoms with Crippen molar-refractivity contribution in [2.75, 3.05) is 19.0 Å². The molecule has 126 valence electrons. The van der Waals surface area contributed by atoms with Crippen LogP contribution in [0.2, 0.25) is 0 Å². The molecule has 3 rings (SSSR count). The van der Waals surface area contributed by atoms with Gasteiger partial charge >= 0.3 is 5.97 Å². The maximum Gasteiger partial charge on any atom is 0.335 e. The number of carbonyl (C=O) groups is 2. The highest BCUT2D eigenvalue weighted by Crippen LogP contribution is 2.22. The van der Waals surface area contributed by atoms with Gasteiger partial charge < -0.3 is 19.5 Å². The van der Waals surface area contributed by atoms with Crippen molar-refractivity contribution >= 4 is 17.6 Å². The molecule has 2 aliphatic rings. The van der Waals surface area contributed by atoms with Crippen molar-refractivity contribution in [1.29, 1.82) is 0 Å². The first-order valence-electron chi connectivity index (χ1n) is 7.84. The molecule has 2 fully saturated rings. The Morgan fingerprint density at radius 2 is 2.22 bits per heavy atom. The van der Waals surface area contributed by atoms with E-state index in [4.69, 9.17) is 9.47 Å². The summed E-state index contributed by atoms with van der Waals surface area (Å²) >= 11 is 0. The number of esters is 1. The number of hydrogen-bond donors (Lipinski definition) is 1. The van der Waals surface area contributed by atoms with Crippen LogP contribution in [0.25, 0.3) is 0 Å². The molecule has 1 N–H and O–H groups in total. The van der Waals surface area contributed by atoms with Crippen molar-refractivity contribution in [2.24, 2.45) is 0 Å². The van der Waals surface area contributed by atoms with E-state index in [1.165, 1.54) is 7.11 Å². The molecule has 0 aliphatic carbocycles. The van der Waals surface area contributed by atoms with Gasteiger partial charge in [0, 0.05) is 12.8 Å². The van der Waals surface area contributed by atoms with Gasteiger partial charge in [-0.3, -0.25) is 9.48 Å². The van der Waals surface area contributed by atoms with Crippen LogP contribution < -0.4 is 5.32 Å². The predicted octanol–water partition coefficient (Wildman–Crippen LogP) is 0.721. The molecule has 0 saturated carbocycles. The van der Waals surface area contributed by atoms with E-state index >= 15 is 0 Å². The van der Waals surface area contributed by atoms with Crippen molar-refractivity contribution in [2.45, 2.75) is 50.5 Å². The summed E-state index contributed by atoms with van der Waals surface area (Å²) in [5, 5.41) is 6.99.